The number of hydrogen-bond acceptors (Lipinski definition) is 1. The summed E-state index contributed by atoms with van der Waals surface area (Å²) in [6.07, 6.45) is 7.00. The van der Waals surface area contributed by atoms with Crippen LogP contribution in [-0.2, 0) is 10.8 Å². The minimum Gasteiger partial charge on any atom is -0.260 e. The number of rotatable bonds is 0. The zero-order chi connectivity index (χ0) is 11.6. The summed E-state index contributed by atoms with van der Waals surface area (Å²) in [7, 11) is 0. The molecule has 1 heterocycles. The molecule has 0 saturated heterocycles. The second-order valence-corrected chi connectivity index (χ2v) is 6.48. The molecule has 3 aliphatic carbocycles. The normalized spacial score (nSPS) is 36.2. The Kier molecular flexibility index (Phi) is 1.99. The van der Waals surface area contributed by atoms with Gasteiger partial charge in [-0.15, -0.1) is 0 Å². The van der Waals surface area contributed by atoms with Crippen molar-refractivity contribution in [1.82, 2.24) is 4.98 Å². The molecule has 86 valence electrons. The van der Waals surface area contributed by atoms with Crippen molar-refractivity contribution in [2.75, 3.05) is 0 Å². The number of hydrogen-bond donors (Lipinski definition) is 0. The van der Waals surface area contributed by atoms with E-state index in [1.54, 1.807) is 0 Å². The molecule has 1 fully saturated rings. The van der Waals surface area contributed by atoms with Gasteiger partial charge in [-0.3, -0.25) is 4.98 Å². The average Bonchev–Trinajstić information content (AvgIpc) is 2.26. The maximum absolute atomic E-state index is 6.52. The molecule has 2 heteroatoms. The predicted octanol–water partition coefficient (Wildman–Crippen LogP) is 4.15. The highest BCUT2D eigenvalue weighted by atomic mass is 35.5. The first-order valence-electron chi connectivity index (χ1n) is 6.12. The molecule has 0 aliphatic heterocycles. The van der Waals surface area contributed by atoms with E-state index in [1.165, 1.54) is 36.9 Å². The summed E-state index contributed by atoms with van der Waals surface area (Å²) in [4.78, 5) is 4.69. The van der Waals surface area contributed by atoms with Crippen LogP contribution in [0.25, 0.3) is 0 Å². The van der Waals surface area contributed by atoms with Gasteiger partial charge in [-0.05, 0) is 49.1 Å². The Morgan fingerprint density at radius 3 is 2.31 bits per heavy atom. The van der Waals surface area contributed by atoms with Crippen LogP contribution in [0.4, 0.5) is 0 Å². The summed E-state index contributed by atoms with van der Waals surface area (Å²) in [5.41, 5.74) is 4.32. The van der Waals surface area contributed by atoms with E-state index < -0.39 is 0 Å². The molecule has 1 aromatic rings. The predicted molar refractivity (Wildman–Crippen MR) is 67.2 cm³/mol. The summed E-state index contributed by atoms with van der Waals surface area (Å²) < 4.78 is 0. The van der Waals surface area contributed by atoms with Gasteiger partial charge in [-0.2, -0.15) is 0 Å². The molecule has 0 atom stereocenters. The number of pyridine rings is 1. The van der Waals surface area contributed by atoms with Crippen LogP contribution >= 0.6 is 11.6 Å². The molecule has 0 unspecified atom stereocenters. The van der Waals surface area contributed by atoms with E-state index in [4.69, 9.17) is 16.6 Å². The first-order valence-corrected chi connectivity index (χ1v) is 6.50. The van der Waals surface area contributed by atoms with Crippen molar-refractivity contribution >= 4 is 11.6 Å². The molecule has 4 rings (SSSR count). The number of fused-ring (bicyclic) bond motifs is 2. The van der Waals surface area contributed by atoms with Crippen LogP contribution < -0.4 is 0 Å². The van der Waals surface area contributed by atoms with Crippen LogP contribution in [0.3, 0.4) is 0 Å². The Bertz CT molecular complexity index is 456. The summed E-state index contributed by atoms with van der Waals surface area (Å²) in [6.45, 7) is 6.77. The topological polar surface area (TPSA) is 12.9 Å². The lowest BCUT2D eigenvalue weighted by Gasteiger charge is -2.51. The minimum absolute atomic E-state index is 0.281. The van der Waals surface area contributed by atoms with E-state index in [1.807, 2.05) is 6.20 Å². The SMILES string of the molecule is Cc1cnc2c(c1Cl)C1(C)CCC2(C)CC1. The van der Waals surface area contributed by atoms with E-state index in [9.17, 15) is 0 Å². The third kappa shape index (κ3) is 1.15. The van der Waals surface area contributed by atoms with Crippen LogP contribution in [0, 0.1) is 6.92 Å². The Morgan fingerprint density at radius 1 is 1.12 bits per heavy atom. The number of halogens is 1. The molecule has 1 nitrogen and oxygen atoms in total. The van der Waals surface area contributed by atoms with Gasteiger partial charge in [0.1, 0.15) is 0 Å². The van der Waals surface area contributed by atoms with E-state index in [0.717, 1.165) is 10.6 Å². The maximum atomic E-state index is 6.52. The highest BCUT2D eigenvalue weighted by Gasteiger charge is 2.49. The second kappa shape index (κ2) is 3.01. The Hall–Kier alpha value is -0.560. The maximum Gasteiger partial charge on any atom is 0.0515 e. The van der Waals surface area contributed by atoms with Gasteiger partial charge in [-0.1, -0.05) is 25.4 Å². The van der Waals surface area contributed by atoms with E-state index >= 15 is 0 Å². The van der Waals surface area contributed by atoms with Gasteiger partial charge in [0.25, 0.3) is 0 Å². The van der Waals surface area contributed by atoms with Crippen LogP contribution in [0.5, 0.6) is 0 Å². The first-order chi connectivity index (χ1) is 7.46. The lowest BCUT2D eigenvalue weighted by Crippen LogP contribution is -2.45. The smallest absolute Gasteiger partial charge is 0.0515 e. The number of aryl methyl sites for hydroxylation is 1. The highest BCUT2D eigenvalue weighted by molar-refractivity contribution is 6.32. The minimum atomic E-state index is 0.281. The highest BCUT2D eigenvalue weighted by Crippen LogP contribution is 2.57. The van der Waals surface area contributed by atoms with E-state index in [2.05, 4.69) is 20.8 Å². The molecule has 1 saturated carbocycles. The molecular weight excluding hydrogens is 218 g/mol. The second-order valence-electron chi connectivity index (χ2n) is 6.10. The Balaban J connectivity index is 2.34. The fourth-order valence-corrected chi connectivity index (χ4v) is 3.80. The summed E-state index contributed by atoms with van der Waals surface area (Å²) in [6, 6.07) is 0. The van der Waals surface area contributed by atoms with E-state index in [-0.39, 0.29) is 10.8 Å². The Labute approximate surface area is 102 Å². The van der Waals surface area contributed by atoms with Crippen molar-refractivity contribution in [3.05, 3.63) is 28.0 Å². The summed E-state index contributed by atoms with van der Waals surface area (Å²) >= 11 is 6.52. The average molecular weight is 236 g/mol. The third-order valence-corrected chi connectivity index (χ3v) is 5.31. The zero-order valence-corrected chi connectivity index (χ0v) is 11.0. The van der Waals surface area contributed by atoms with Crippen molar-refractivity contribution in [3.8, 4) is 0 Å². The lowest BCUT2D eigenvalue weighted by molar-refractivity contribution is 0.182. The van der Waals surface area contributed by atoms with Gasteiger partial charge in [0.2, 0.25) is 0 Å². The molecule has 1 aromatic heterocycles. The molecule has 2 bridgehead atoms. The molecule has 0 aromatic carbocycles. The zero-order valence-electron chi connectivity index (χ0n) is 10.2. The van der Waals surface area contributed by atoms with Crippen molar-refractivity contribution in [3.63, 3.8) is 0 Å². The fraction of sp³-hybridized carbons (Fsp3) is 0.643. The van der Waals surface area contributed by atoms with Crippen LogP contribution in [0.1, 0.15) is 56.4 Å². The molecule has 0 amide bonds. The molecule has 0 radical (unpaired) electrons. The summed E-state index contributed by atoms with van der Waals surface area (Å²) in [5, 5.41) is 0.970. The third-order valence-electron chi connectivity index (χ3n) is 4.82. The molecule has 0 spiro atoms. The lowest BCUT2D eigenvalue weighted by atomic mass is 9.54. The van der Waals surface area contributed by atoms with Gasteiger partial charge in [0, 0.05) is 11.6 Å². The largest absolute Gasteiger partial charge is 0.260 e. The van der Waals surface area contributed by atoms with Gasteiger partial charge in [0.05, 0.1) is 10.7 Å². The first kappa shape index (κ1) is 10.6. The van der Waals surface area contributed by atoms with Crippen LogP contribution in [0.2, 0.25) is 5.02 Å². The van der Waals surface area contributed by atoms with Crippen molar-refractivity contribution < 1.29 is 0 Å². The van der Waals surface area contributed by atoms with Crippen molar-refractivity contribution in [2.45, 2.75) is 57.3 Å². The van der Waals surface area contributed by atoms with Crippen molar-refractivity contribution in [2.24, 2.45) is 0 Å². The summed E-state index contributed by atoms with van der Waals surface area (Å²) in [5.74, 6) is 0. The molecule has 0 N–H and O–H groups in total. The van der Waals surface area contributed by atoms with Gasteiger partial charge < -0.3 is 0 Å². The number of nitrogens with zero attached hydrogens (tertiary/aromatic N) is 1. The van der Waals surface area contributed by atoms with Gasteiger partial charge >= 0.3 is 0 Å². The number of aromatic nitrogens is 1. The fourth-order valence-electron chi connectivity index (χ4n) is 3.43. The molecule has 3 aliphatic rings. The Morgan fingerprint density at radius 2 is 1.69 bits per heavy atom. The van der Waals surface area contributed by atoms with Gasteiger partial charge in [-0.25, -0.2) is 0 Å². The standard InChI is InChI=1S/C14H18ClN/c1-9-8-16-12-10(11(9)15)13(2)4-6-14(12,3)7-5-13/h8H,4-7H2,1-3H3. The molecule has 16 heavy (non-hydrogen) atoms. The van der Waals surface area contributed by atoms with Gasteiger partial charge in [0.15, 0.2) is 0 Å². The van der Waals surface area contributed by atoms with Crippen LogP contribution in [0.15, 0.2) is 6.20 Å². The quantitative estimate of drug-likeness (QED) is 0.659. The molecular formula is C14H18ClN. The van der Waals surface area contributed by atoms with E-state index in [0.29, 0.717) is 0 Å². The van der Waals surface area contributed by atoms with Crippen LogP contribution in [-0.4, -0.2) is 4.98 Å². The monoisotopic (exact) mass is 235 g/mol. The van der Waals surface area contributed by atoms with Crippen molar-refractivity contribution in [1.29, 1.82) is 0 Å².